The van der Waals surface area contributed by atoms with E-state index in [1.807, 2.05) is 0 Å². The number of carboxylic acids is 1. The quantitative estimate of drug-likeness (QED) is 0.597. The van der Waals surface area contributed by atoms with Crippen LogP contribution in [0.3, 0.4) is 0 Å². The second kappa shape index (κ2) is 7.81. The number of thioether (sulfide) groups is 1. The van der Waals surface area contributed by atoms with Crippen LogP contribution in [-0.4, -0.2) is 35.6 Å². The van der Waals surface area contributed by atoms with E-state index in [2.05, 4.69) is 11.9 Å². The molecule has 0 aliphatic heterocycles. The molecule has 0 unspecified atom stereocenters. The predicted molar refractivity (Wildman–Crippen MR) is 81.1 cm³/mol. The first-order chi connectivity index (χ1) is 9.49. The zero-order valence-electron chi connectivity index (χ0n) is 10.8. The molecule has 0 atom stereocenters. The minimum atomic E-state index is -1.15. The predicted octanol–water partition coefficient (Wildman–Crippen LogP) is 2.90. The van der Waals surface area contributed by atoms with Gasteiger partial charge in [-0.3, -0.25) is 4.79 Å². The molecule has 2 N–H and O–H groups in total. The van der Waals surface area contributed by atoms with Crippen LogP contribution in [0.4, 0.5) is 5.69 Å². The zero-order valence-corrected chi connectivity index (χ0v) is 12.4. The molecular formula is C13H14ClNO4S. The van der Waals surface area contributed by atoms with Gasteiger partial charge in [0.25, 0.3) is 0 Å². The van der Waals surface area contributed by atoms with Crippen molar-refractivity contribution < 1.29 is 19.4 Å². The van der Waals surface area contributed by atoms with Crippen LogP contribution in [0.25, 0.3) is 0 Å². The van der Waals surface area contributed by atoms with Crippen molar-refractivity contribution in [3.05, 3.63) is 35.4 Å². The fourth-order valence-corrected chi connectivity index (χ4v) is 2.16. The minimum absolute atomic E-state index is 0.0588. The summed E-state index contributed by atoms with van der Waals surface area (Å²) in [5.74, 6) is -0.323. The highest BCUT2D eigenvalue weighted by atomic mass is 35.5. The van der Waals surface area contributed by atoms with E-state index >= 15 is 0 Å². The number of hydrogen-bond donors (Lipinski definition) is 2. The second-order valence-electron chi connectivity index (χ2n) is 3.69. The summed E-state index contributed by atoms with van der Waals surface area (Å²) in [5, 5.41) is 11.8. The average Bonchev–Trinajstić information content (AvgIpc) is 2.40. The largest absolute Gasteiger partial charge is 0.496 e. The normalized spacial score (nSPS) is 9.90. The van der Waals surface area contributed by atoms with E-state index in [4.69, 9.17) is 21.4 Å². The summed E-state index contributed by atoms with van der Waals surface area (Å²) in [7, 11) is 1.35. The number of amides is 1. The van der Waals surface area contributed by atoms with Gasteiger partial charge in [-0.1, -0.05) is 17.7 Å². The second-order valence-corrected chi connectivity index (χ2v) is 5.13. The van der Waals surface area contributed by atoms with E-state index in [-0.39, 0.29) is 28.0 Å². The Kier molecular flexibility index (Phi) is 6.41. The first-order valence-corrected chi connectivity index (χ1v) is 7.12. The van der Waals surface area contributed by atoms with Crippen LogP contribution in [-0.2, 0) is 4.79 Å². The van der Waals surface area contributed by atoms with Gasteiger partial charge in [0.2, 0.25) is 5.91 Å². The number of ether oxygens (including phenoxy) is 1. The van der Waals surface area contributed by atoms with E-state index in [9.17, 15) is 9.59 Å². The highest BCUT2D eigenvalue weighted by Crippen LogP contribution is 2.31. The number of aromatic carboxylic acids is 1. The van der Waals surface area contributed by atoms with Crippen molar-refractivity contribution in [2.24, 2.45) is 0 Å². The molecule has 0 aromatic heterocycles. The molecule has 0 bridgehead atoms. The lowest BCUT2D eigenvalue weighted by Crippen LogP contribution is -2.15. The van der Waals surface area contributed by atoms with Gasteiger partial charge in [-0.15, -0.1) is 18.3 Å². The van der Waals surface area contributed by atoms with Crippen molar-refractivity contribution >= 4 is 40.9 Å². The fraction of sp³-hybridized carbons (Fsp3) is 0.231. The van der Waals surface area contributed by atoms with Gasteiger partial charge in [-0.25, -0.2) is 4.79 Å². The van der Waals surface area contributed by atoms with Crippen LogP contribution < -0.4 is 10.1 Å². The summed E-state index contributed by atoms with van der Waals surface area (Å²) >= 11 is 7.36. The number of halogens is 1. The van der Waals surface area contributed by atoms with Gasteiger partial charge in [-0.05, 0) is 6.07 Å². The molecule has 0 saturated carbocycles. The maximum absolute atomic E-state index is 11.7. The number of hydrogen-bond acceptors (Lipinski definition) is 4. The van der Waals surface area contributed by atoms with Crippen LogP contribution in [0.15, 0.2) is 24.8 Å². The molecule has 0 aliphatic rings. The smallest absolute Gasteiger partial charge is 0.339 e. The molecule has 1 amide bonds. The van der Waals surface area contributed by atoms with Gasteiger partial charge >= 0.3 is 5.97 Å². The molecule has 0 saturated heterocycles. The van der Waals surface area contributed by atoms with Gasteiger partial charge < -0.3 is 15.2 Å². The highest BCUT2D eigenvalue weighted by Gasteiger charge is 2.16. The summed E-state index contributed by atoms with van der Waals surface area (Å²) < 4.78 is 4.97. The minimum Gasteiger partial charge on any atom is -0.496 e. The Morgan fingerprint density at radius 2 is 2.25 bits per heavy atom. The Morgan fingerprint density at radius 3 is 2.80 bits per heavy atom. The van der Waals surface area contributed by atoms with Crippen molar-refractivity contribution in [2.45, 2.75) is 0 Å². The topological polar surface area (TPSA) is 75.6 Å². The van der Waals surface area contributed by atoms with E-state index in [1.54, 1.807) is 6.08 Å². The van der Waals surface area contributed by atoms with Crippen LogP contribution in [0, 0.1) is 0 Å². The van der Waals surface area contributed by atoms with Crippen LogP contribution >= 0.6 is 23.4 Å². The fourth-order valence-electron chi connectivity index (χ4n) is 1.41. The number of carbonyl (C=O) groups excluding carboxylic acids is 1. The summed E-state index contributed by atoms with van der Waals surface area (Å²) in [6, 6.07) is 2.64. The van der Waals surface area contributed by atoms with Gasteiger partial charge in [0.15, 0.2) is 0 Å². The van der Waals surface area contributed by atoms with Crippen molar-refractivity contribution in [2.75, 3.05) is 23.9 Å². The molecule has 0 spiro atoms. The van der Waals surface area contributed by atoms with Crippen molar-refractivity contribution in [3.8, 4) is 5.75 Å². The third kappa shape index (κ3) is 4.47. The Balaban J connectivity index is 2.88. The van der Waals surface area contributed by atoms with Crippen LogP contribution in [0.2, 0.25) is 5.02 Å². The number of rotatable bonds is 7. The number of nitrogens with one attached hydrogen (secondary N) is 1. The number of carbonyl (C=O) groups is 2. The van der Waals surface area contributed by atoms with Crippen LogP contribution in [0.1, 0.15) is 10.4 Å². The maximum Gasteiger partial charge on any atom is 0.339 e. The Morgan fingerprint density at radius 1 is 1.55 bits per heavy atom. The Hall–Kier alpha value is -1.66. The molecule has 0 fully saturated rings. The van der Waals surface area contributed by atoms with Crippen LogP contribution in [0.5, 0.6) is 5.75 Å². The highest BCUT2D eigenvalue weighted by molar-refractivity contribution is 8.00. The van der Waals surface area contributed by atoms with E-state index < -0.39 is 5.97 Å². The van der Waals surface area contributed by atoms with E-state index in [1.165, 1.54) is 31.0 Å². The summed E-state index contributed by atoms with van der Waals surface area (Å²) in [6.07, 6.45) is 1.70. The Bertz CT molecular complexity index is 533. The average molecular weight is 316 g/mol. The number of carboxylic acid groups (broad SMARTS) is 1. The lowest BCUT2D eigenvalue weighted by Gasteiger charge is -2.11. The SMILES string of the molecule is C=CCSCC(=O)Nc1cc(OC)c(C(=O)O)cc1Cl. The zero-order chi connectivity index (χ0) is 15.1. The lowest BCUT2D eigenvalue weighted by molar-refractivity contribution is -0.113. The summed E-state index contributed by atoms with van der Waals surface area (Å²) in [6.45, 7) is 3.56. The standard InChI is InChI=1S/C13H14ClNO4S/c1-3-4-20-7-12(16)15-10-6-11(19-2)8(13(17)18)5-9(10)14/h3,5-6H,1,4,7H2,2H3,(H,15,16)(H,17,18). The number of methoxy groups -OCH3 is 1. The van der Waals surface area contributed by atoms with Crippen molar-refractivity contribution in [3.63, 3.8) is 0 Å². The third-order valence-electron chi connectivity index (χ3n) is 2.26. The van der Waals surface area contributed by atoms with E-state index in [0.29, 0.717) is 11.4 Å². The summed E-state index contributed by atoms with van der Waals surface area (Å²) in [4.78, 5) is 22.7. The van der Waals surface area contributed by atoms with E-state index in [0.717, 1.165) is 0 Å². The van der Waals surface area contributed by atoms with Gasteiger partial charge in [0.05, 0.1) is 23.6 Å². The molecule has 20 heavy (non-hydrogen) atoms. The molecule has 5 nitrogen and oxygen atoms in total. The van der Waals surface area contributed by atoms with Gasteiger partial charge in [-0.2, -0.15) is 0 Å². The molecule has 108 valence electrons. The maximum atomic E-state index is 11.7. The number of anilines is 1. The molecule has 0 aliphatic carbocycles. The molecule has 1 rings (SSSR count). The van der Waals surface area contributed by atoms with Gasteiger partial charge in [0, 0.05) is 11.8 Å². The molecule has 7 heteroatoms. The molecule has 1 aromatic rings. The monoisotopic (exact) mass is 315 g/mol. The molecule has 1 aromatic carbocycles. The third-order valence-corrected chi connectivity index (χ3v) is 3.51. The molecular weight excluding hydrogens is 302 g/mol. The number of benzene rings is 1. The van der Waals surface area contributed by atoms with Gasteiger partial charge in [0.1, 0.15) is 11.3 Å². The molecule has 0 heterocycles. The molecule has 0 radical (unpaired) electrons. The summed E-state index contributed by atoms with van der Waals surface area (Å²) in [5.41, 5.74) is 0.259. The first-order valence-electron chi connectivity index (χ1n) is 5.59. The van der Waals surface area contributed by atoms with Crippen molar-refractivity contribution in [1.29, 1.82) is 0 Å². The first kappa shape index (κ1) is 16.4. The lowest BCUT2D eigenvalue weighted by atomic mass is 10.2. The van der Waals surface area contributed by atoms with Crippen molar-refractivity contribution in [1.82, 2.24) is 0 Å². The Labute approximate surface area is 126 Å².